The van der Waals surface area contributed by atoms with E-state index in [-0.39, 0.29) is 21.5 Å². The quantitative estimate of drug-likeness (QED) is 0.853. The summed E-state index contributed by atoms with van der Waals surface area (Å²) in [5.41, 5.74) is 0. The molecule has 1 aromatic carbocycles. The van der Waals surface area contributed by atoms with Gasteiger partial charge in [-0.3, -0.25) is 4.84 Å². The SMILES string of the molecule is CCONS(=O)(=O)c1cccc(Cl)c1Cl. The highest BCUT2D eigenvalue weighted by Crippen LogP contribution is 2.28. The molecular weight excluding hydrogens is 261 g/mol. The van der Waals surface area contributed by atoms with Gasteiger partial charge in [-0.25, -0.2) is 8.42 Å². The number of hydrogen-bond acceptors (Lipinski definition) is 3. The van der Waals surface area contributed by atoms with Gasteiger partial charge in [0.1, 0.15) is 4.90 Å². The summed E-state index contributed by atoms with van der Waals surface area (Å²) in [6.45, 7) is 1.87. The zero-order valence-corrected chi connectivity index (χ0v) is 10.2. The van der Waals surface area contributed by atoms with Gasteiger partial charge in [0.25, 0.3) is 10.0 Å². The molecule has 1 N–H and O–H groups in total. The third-order valence-corrected chi connectivity index (χ3v) is 3.71. The number of sulfonamides is 1. The highest BCUT2D eigenvalue weighted by molar-refractivity contribution is 7.89. The fourth-order valence-corrected chi connectivity index (χ4v) is 2.50. The predicted octanol–water partition coefficient (Wildman–Crippen LogP) is 2.22. The molecule has 0 bridgehead atoms. The second-order valence-corrected chi connectivity index (χ2v) is 4.97. The Morgan fingerprint density at radius 3 is 2.67 bits per heavy atom. The standard InChI is InChI=1S/C8H9Cl2NO3S/c1-2-14-11-15(12,13)7-5-3-4-6(9)8(7)10/h3-5,11H,2H2,1H3. The molecule has 0 aliphatic heterocycles. The molecular formula is C8H9Cl2NO3S. The molecule has 15 heavy (non-hydrogen) atoms. The molecule has 0 fully saturated rings. The largest absolute Gasteiger partial charge is 0.287 e. The van der Waals surface area contributed by atoms with Crippen molar-refractivity contribution in [3.05, 3.63) is 28.2 Å². The Morgan fingerprint density at radius 1 is 1.40 bits per heavy atom. The molecule has 7 heteroatoms. The maximum absolute atomic E-state index is 11.6. The number of rotatable bonds is 4. The zero-order chi connectivity index (χ0) is 11.5. The summed E-state index contributed by atoms with van der Waals surface area (Å²) in [6.07, 6.45) is 0. The van der Waals surface area contributed by atoms with Gasteiger partial charge in [0.2, 0.25) is 0 Å². The summed E-state index contributed by atoms with van der Waals surface area (Å²) in [6, 6.07) is 4.34. The molecule has 0 spiro atoms. The van der Waals surface area contributed by atoms with Crippen LogP contribution in [0.25, 0.3) is 0 Å². The van der Waals surface area contributed by atoms with Gasteiger partial charge in [0.15, 0.2) is 0 Å². The topological polar surface area (TPSA) is 55.4 Å². The molecule has 0 saturated heterocycles. The molecule has 0 aliphatic carbocycles. The first kappa shape index (κ1) is 12.7. The Morgan fingerprint density at radius 2 is 2.07 bits per heavy atom. The van der Waals surface area contributed by atoms with Crippen molar-refractivity contribution in [3.63, 3.8) is 0 Å². The van der Waals surface area contributed by atoms with Crippen molar-refractivity contribution in [1.82, 2.24) is 4.89 Å². The minimum absolute atomic E-state index is 0.0219. The molecule has 0 aliphatic rings. The van der Waals surface area contributed by atoms with Crippen LogP contribution in [0.4, 0.5) is 0 Å². The van der Waals surface area contributed by atoms with Crippen LogP contribution >= 0.6 is 23.2 Å². The van der Waals surface area contributed by atoms with Crippen molar-refractivity contribution in [3.8, 4) is 0 Å². The summed E-state index contributed by atoms with van der Waals surface area (Å²) in [5, 5.41) is 0.155. The Kier molecular flexibility index (Phi) is 4.36. The number of nitrogens with one attached hydrogen (secondary N) is 1. The van der Waals surface area contributed by atoms with E-state index in [2.05, 4.69) is 4.84 Å². The number of hydrogen-bond donors (Lipinski definition) is 1. The molecule has 0 atom stereocenters. The molecule has 0 saturated carbocycles. The average Bonchev–Trinajstić information content (AvgIpc) is 2.19. The van der Waals surface area contributed by atoms with Crippen molar-refractivity contribution in [2.24, 2.45) is 0 Å². The first-order valence-electron chi connectivity index (χ1n) is 4.06. The van der Waals surface area contributed by atoms with Crippen molar-refractivity contribution < 1.29 is 13.3 Å². The van der Waals surface area contributed by atoms with Gasteiger partial charge >= 0.3 is 0 Å². The maximum atomic E-state index is 11.6. The lowest BCUT2D eigenvalue weighted by atomic mass is 10.4. The monoisotopic (exact) mass is 269 g/mol. The van der Waals surface area contributed by atoms with Crippen molar-refractivity contribution >= 4 is 33.2 Å². The van der Waals surface area contributed by atoms with Crippen LogP contribution in [-0.4, -0.2) is 15.0 Å². The fraction of sp³-hybridized carbons (Fsp3) is 0.250. The summed E-state index contributed by atoms with van der Waals surface area (Å²) in [5.74, 6) is 0. The second-order valence-electron chi connectivity index (χ2n) is 2.57. The van der Waals surface area contributed by atoms with E-state index in [1.165, 1.54) is 18.2 Å². The molecule has 0 amide bonds. The van der Waals surface area contributed by atoms with Gasteiger partial charge in [-0.1, -0.05) is 34.2 Å². The lowest BCUT2D eigenvalue weighted by molar-refractivity contribution is 0.105. The van der Waals surface area contributed by atoms with Crippen LogP contribution in [0.1, 0.15) is 6.92 Å². The lowest BCUT2D eigenvalue weighted by Crippen LogP contribution is -2.24. The summed E-state index contributed by atoms with van der Waals surface area (Å²) < 4.78 is 23.2. The molecule has 0 aromatic heterocycles. The van der Waals surface area contributed by atoms with Crippen molar-refractivity contribution in [1.29, 1.82) is 0 Å². The highest BCUT2D eigenvalue weighted by Gasteiger charge is 2.19. The third-order valence-electron chi connectivity index (χ3n) is 1.52. The van der Waals surface area contributed by atoms with E-state index in [9.17, 15) is 8.42 Å². The molecule has 0 radical (unpaired) electrons. The van der Waals surface area contributed by atoms with E-state index in [4.69, 9.17) is 23.2 Å². The van der Waals surface area contributed by atoms with Crippen LogP contribution in [0.15, 0.2) is 23.1 Å². The minimum Gasteiger partial charge on any atom is -0.287 e. The number of halogens is 2. The van der Waals surface area contributed by atoms with E-state index in [1.54, 1.807) is 6.92 Å². The molecule has 1 rings (SSSR count). The Labute approximate surface area is 98.1 Å². The van der Waals surface area contributed by atoms with Crippen LogP contribution < -0.4 is 4.89 Å². The van der Waals surface area contributed by atoms with Crippen LogP contribution in [0.3, 0.4) is 0 Å². The number of benzene rings is 1. The summed E-state index contributed by atoms with van der Waals surface area (Å²) in [4.78, 5) is 6.42. The van der Waals surface area contributed by atoms with Crippen LogP contribution in [0.5, 0.6) is 0 Å². The van der Waals surface area contributed by atoms with Crippen molar-refractivity contribution in [2.75, 3.05) is 6.61 Å². The second kappa shape index (κ2) is 5.14. The van der Waals surface area contributed by atoms with Crippen molar-refractivity contribution in [2.45, 2.75) is 11.8 Å². The van der Waals surface area contributed by atoms with Gasteiger partial charge in [0.05, 0.1) is 16.7 Å². The van der Waals surface area contributed by atoms with Gasteiger partial charge in [0, 0.05) is 0 Å². The van der Waals surface area contributed by atoms with Crippen LogP contribution in [0.2, 0.25) is 10.0 Å². The van der Waals surface area contributed by atoms with E-state index in [0.717, 1.165) is 0 Å². The minimum atomic E-state index is -3.76. The summed E-state index contributed by atoms with van der Waals surface area (Å²) in [7, 11) is -3.76. The van der Waals surface area contributed by atoms with E-state index < -0.39 is 10.0 Å². The smallest absolute Gasteiger partial charge is 0.264 e. The molecule has 4 nitrogen and oxygen atoms in total. The normalized spacial score (nSPS) is 11.7. The molecule has 0 unspecified atom stereocenters. The van der Waals surface area contributed by atoms with Crippen LogP contribution in [0, 0.1) is 0 Å². The Bertz CT molecular complexity index is 447. The lowest BCUT2D eigenvalue weighted by Gasteiger charge is -2.07. The van der Waals surface area contributed by atoms with E-state index in [0.29, 0.717) is 0 Å². The highest BCUT2D eigenvalue weighted by atomic mass is 35.5. The van der Waals surface area contributed by atoms with E-state index >= 15 is 0 Å². The van der Waals surface area contributed by atoms with Gasteiger partial charge in [-0.05, 0) is 19.1 Å². The molecule has 1 aromatic rings. The van der Waals surface area contributed by atoms with Gasteiger partial charge in [-0.15, -0.1) is 0 Å². The van der Waals surface area contributed by atoms with Gasteiger partial charge in [-0.2, -0.15) is 0 Å². The zero-order valence-electron chi connectivity index (χ0n) is 7.83. The average molecular weight is 270 g/mol. The fourth-order valence-electron chi connectivity index (χ4n) is 0.873. The summed E-state index contributed by atoms with van der Waals surface area (Å²) >= 11 is 11.4. The molecule has 84 valence electrons. The first-order chi connectivity index (χ1) is 6.99. The van der Waals surface area contributed by atoms with E-state index in [1.807, 2.05) is 4.89 Å². The predicted molar refractivity (Wildman–Crippen MR) is 58.4 cm³/mol. The maximum Gasteiger partial charge on any atom is 0.264 e. The Hall–Kier alpha value is -0.330. The third kappa shape index (κ3) is 3.06. The first-order valence-corrected chi connectivity index (χ1v) is 6.30. The van der Waals surface area contributed by atoms with Gasteiger partial charge < -0.3 is 0 Å². The Balaban J connectivity index is 3.10. The van der Waals surface area contributed by atoms with Crippen LogP contribution in [-0.2, 0) is 14.9 Å². The molecule has 0 heterocycles.